The van der Waals surface area contributed by atoms with Gasteiger partial charge in [-0.2, -0.15) is 0 Å². The fraction of sp³-hybridized carbons (Fsp3) is 0.381. The molecule has 1 N–H and O–H groups in total. The van der Waals surface area contributed by atoms with E-state index in [1.54, 1.807) is 23.0 Å². The number of furan rings is 1. The van der Waals surface area contributed by atoms with E-state index < -0.39 is 0 Å². The number of nitrogens with zero attached hydrogens (tertiary/aromatic N) is 2. The van der Waals surface area contributed by atoms with Crippen LogP contribution in [0, 0.1) is 0 Å². The van der Waals surface area contributed by atoms with Gasteiger partial charge in [-0.3, -0.25) is 14.2 Å². The van der Waals surface area contributed by atoms with Crippen molar-refractivity contribution >= 4 is 28.6 Å². The molecule has 4 rings (SSSR count). The maximum atomic E-state index is 13.0. The molecule has 0 radical (unpaired) electrons. The first-order chi connectivity index (χ1) is 13.7. The fourth-order valence-corrected chi connectivity index (χ4v) is 4.41. The Morgan fingerprint density at radius 1 is 1.18 bits per heavy atom. The molecule has 3 aromatic rings. The quantitative estimate of drug-likeness (QED) is 0.508. The lowest BCUT2D eigenvalue weighted by atomic mass is 9.95. The molecule has 6 nitrogen and oxygen atoms in total. The highest BCUT2D eigenvalue weighted by molar-refractivity contribution is 7.99. The Balaban J connectivity index is 1.56. The normalized spacial score (nSPS) is 15.0. The summed E-state index contributed by atoms with van der Waals surface area (Å²) in [7, 11) is 0. The van der Waals surface area contributed by atoms with Gasteiger partial charge >= 0.3 is 0 Å². The largest absolute Gasteiger partial charge is 0.467 e. The van der Waals surface area contributed by atoms with E-state index in [9.17, 15) is 9.59 Å². The van der Waals surface area contributed by atoms with Crippen LogP contribution in [0.25, 0.3) is 10.9 Å². The van der Waals surface area contributed by atoms with Gasteiger partial charge in [-0.25, -0.2) is 4.98 Å². The van der Waals surface area contributed by atoms with Crippen molar-refractivity contribution in [2.45, 2.75) is 49.8 Å². The summed E-state index contributed by atoms with van der Waals surface area (Å²) in [6, 6.07) is 11.2. The molecule has 0 aliphatic heterocycles. The Bertz CT molecular complexity index is 1010. The molecular weight excluding hydrogens is 374 g/mol. The molecule has 1 amide bonds. The van der Waals surface area contributed by atoms with Gasteiger partial charge in [0.15, 0.2) is 5.16 Å². The van der Waals surface area contributed by atoms with Crippen molar-refractivity contribution in [2.24, 2.45) is 0 Å². The van der Waals surface area contributed by atoms with Gasteiger partial charge < -0.3 is 9.73 Å². The molecular formula is C21H23N3O3S. The van der Waals surface area contributed by atoms with Crippen LogP contribution in [-0.2, 0) is 11.3 Å². The van der Waals surface area contributed by atoms with E-state index >= 15 is 0 Å². The number of para-hydroxylation sites is 1. The van der Waals surface area contributed by atoms with Crippen LogP contribution in [0.15, 0.2) is 57.0 Å². The van der Waals surface area contributed by atoms with Crippen LogP contribution in [0.1, 0.15) is 37.9 Å². The highest BCUT2D eigenvalue weighted by atomic mass is 32.2. The maximum Gasteiger partial charge on any atom is 0.262 e. The summed E-state index contributed by atoms with van der Waals surface area (Å²) in [5, 5.41) is 4.20. The number of benzene rings is 1. The summed E-state index contributed by atoms with van der Waals surface area (Å²) in [6.07, 6.45) is 7.28. The lowest BCUT2D eigenvalue weighted by Crippen LogP contribution is -2.37. The highest BCUT2D eigenvalue weighted by Crippen LogP contribution is 2.20. The zero-order chi connectivity index (χ0) is 19.3. The number of carbonyl (C=O) groups is 1. The molecule has 0 atom stereocenters. The third-order valence-corrected chi connectivity index (χ3v) is 6.00. The molecule has 1 aliphatic carbocycles. The number of amides is 1. The fourth-order valence-electron chi connectivity index (χ4n) is 3.60. The number of hydrogen-bond donors (Lipinski definition) is 1. The summed E-state index contributed by atoms with van der Waals surface area (Å²) in [6.45, 7) is 0.288. The Morgan fingerprint density at radius 2 is 2.00 bits per heavy atom. The molecule has 1 aliphatic rings. The number of fused-ring (bicyclic) bond motifs is 1. The first-order valence-electron chi connectivity index (χ1n) is 9.65. The molecule has 146 valence electrons. The molecule has 0 unspecified atom stereocenters. The first kappa shape index (κ1) is 18.8. The summed E-state index contributed by atoms with van der Waals surface area (Å²) >= 11 is 1.29. The van der Waals surface area contributed by atoms with Gasteiger partial charge in [0.2, 0.25) is 5.91 Å². The van der Waals surface area contributed by atoms with E-state index in [0.29, 0.717) is 21.8 Å². The zero-order valence-electron chi connectivity index (χ0n) is 15.6. The van der Waals surface area contributed by atoms with Gasteiger partial charge in [0.25, 0.3) is 5.56 Å². The summed E-state index contributed by atoms with van der Waals surface area (Å²) in [5.41, 5.74) is 0.510. The van der Waals surface area contributed by atoms with E-state index in [1.807, 2.05) is 24.3 Å². The van der Waals surface area contributed by atoms with Gasteiger partial charge in [0.1, 0.15) is 5.76 Å². The minimum Gasteiger partial charge on any atom is -0.467 e. The third-order valence-electron chi connectivity index (χ3n) is 5.02. The SMILES string of the molecule is O=C(CSc1nc2ccccc2c(=O)n1Cc1ccco1)NC1CCCCC1. The highest BCUT2D eigenvalue weighted by Gasteiger charge is 2.18. The lowest BCUT2D eigenvalue weighted by molar-refractivity contribution is -0.119. The Hall–Kier alpha value is -2.54. The van der Waals surface area contributed by atoms with Gasteiger partial charge in [-0.1, -0.05) is 43.2 Å². The summed E-state index contributed by atoms with van der Waals surface area (Å²) in [5.74, 6) is 0.899. The maximum absolute atomic E-state index is 13.0. The van der Waals surface area contributed by atoms with E-state index in [0.717, 1.165) is 12.8 Å². The lowest BCUT2D eigenvalue weighted by Gasteiger charge is -2.22. The standard InChI is InChI=1S/C21H23N3O3S/c25-19(22-15-7-2-1-3-8-15)14-28-21-23-18-11-5-4-10-17(18)20(26)24(21)13-16-9-6-12-27-16/h4-6,9-12,15H,1-3,7-8,13-14H2,(H,22,25). The predicted molar refractivity (Wildman–Crippen MR) is 110 cm³/mol. The molecule has 1 saturated carbocycles. The second kappa shape index (κ2) is 8.65. The topological polar surface area (TPSA) is 77.1 Å². The van der Waals surface area contributed by atoms with Crippen LogP contribution < -0.4 is 10.9 Å². The van der Waals surface area contributed by atoms with E-state index in [1.165, 1.54) is 31.0 Å². The van der Waals surface area contributed by atoms with Gasteiger partial charge in [0.05, 0.1) is 29.5 Å². The molecule has 2 heterocycles. The smallest absolute Gasteiger partial charge is 0.262 e. The van der Waals surface area contributed by atoms with Gasteiger partial charge in [-0.05, 0) is 37.1 Å². The van der Waals surface area contributed by atoms with Gasteiger partial charge in [-0.15, -0.1) is 0 Å². The molecule has 7 heteroatoms. The number of aromatic nitrogens is 2. The monoisotopic (exact) mass is 397 g/mol. The molecule has 2 aromatic heterocycles. The number of carbonyl (C=O) groups excluding carboxylic acids is 1. The van der Waals surface area contributed by atoms with Crippen molar-refractivity contribution in [3.8, 4) is 0 Å². The third kappa shape index (κ3) is 4.30. The van der Waals surface area contributed by atoms with Crippen molar-refractivity contribution in [2.75, 3.05) is 5.75 Å². The van der Waals surface area contributed by atoms with Crippen LogP contribution in [-0.4, -0.2) is 27.3 Å². The van der Waals surface area contributed by atoms with E-state index in [-0.39, 0.29) is 29.8 Å². The second-order valence-electron chi connectivity index (χ2n) is 7.07. The van der Waals surface area contributed by atoms with Crippen LogP contribution in [0.5, 0.6) is 0 Å². The number of thioether (sulfide) groups is 1. The van der Waals surface area contributed by atoms with Crippen molar-refractivity contribution < 1.29 is 9.21 Å². The average Bonchev–Trinajstić information content (AvgIpc) is 3.23. The van der Waals surface area contributed by atoms with Crippen molar-refractivity contribution in [1.82, 2.24) is 14.9 Å². The van der Waals surface area contributed by atoms with Crippen LogP contribution in [0.4, 0.5) is 0 Å². The molecule has 0 bridgehead atoms. The molecule has 0 spiro atoms. The minimum absolute atomic E-state index is 0.0103. The van der Waals surface area contributed by atoms with E-state index in [4.69, 9.17) is 4.42 Å². The minimum atomic E-state index is -0.128. The summed E-state index contributed by atoms with van der Waals surface area (Å²) in [4.78, 5) is 30.0. The zero-order valence-corrected chi connectivity index (χ0v) is 16.4. The number of rotatable bonds is 6. The summed E-state index contributed by atoms with van der Waals surface area (Å²) < 4.78 is 6.99. The van der Waals surface area contributed by atoms with Crippen molar-refractivity contribution in [3.05, 3.63) is 58.8 Å². The van der Waals surface area contributed by atoms with Crippen LogP contribution >= 0.6 is 11.8 Å². The Labute approximate surface area is 167 Å². The predicted octanol–water partition coefficient (Wildman–Crippen LogP) is 3.58. The van der Waals surface area contributed by atoms with Gasteiger partial charge in [0, 0.05) is 6.04 Å². The second-order valence-corrected chi connectivity index (χ2v) is 8.02. The Morgan fingerprint density at radius 3 is 2.79 bits per heavy atom. The molecule has 0 saturated heterocycles. The molecule has 1 aromatic carbocycles. The van der Waals surface area contributed by atoms with Crippen molar-refractivity contribution in [1.29, 1.82) is 0 Å². The molecule has 28 heavy (non-hydrogen) atoms. The number of hydrogen-bond acceptors (Lipinski definition) is 5. The average molecular weight is 398 g/mol. The van der Waals surface area contributed by atoms with E-state index in [2.05, 4.69) is 10.3 Å². The van der Waals surface area contributed by atoms with Crippen LogP contribution in [0.3, 0.4) is 0 Å². The number of nitrogens with one attached hydrogen (secondary N) is 1. The first-order valence-corrected chi connectivity index (χ1v) is 10.6. The Kier molecular flexibility index (Phi) is 5.81. The molecule has 1 fully saturated rings. The van der Waals surface area contributed by atoms with Crippen LogP contribution in [0.2, 0.25) is 0 Å². The van der Waals surface area contributed by atoms with Crippen molar-refractivity contribution in [3.63, 3.8) is 0 Å².